The lowest BCUT2D eigenvalue weighted by Crippen LogP contribution is -2.35. The van der Waals surface area contributed by atoms with E-state index in [1.54, 1.807) is 25.4 Å². The number of aromatic nitrogens is 4. The highest BCUT2D eigenvalue weighted by Crippen LogP contribution is 2.48. The first kappa shape index (κ1) is 23.1. The Kier molecular flexibility index (Phi) is 5.88. The molecule has 11 heteroatoms. The van der Waals surface area contributed by atoms with Gasteiger partial charge in [-0.15, -0.1) is 0 Å². The summed E-state index contributed by atoms with van der Waals surface area (Å²) in [6.45, 7) is 1.64. The van der Waals surface area contributed by atoms with Gasteiger partial charge >= 0.3 is 6.01 Å². The average molecular weight is 490 g/mol. The number of benzene rings is 2. The zero-order chi connectivity index (χ0) is 25.3. The van der Waals surface area contributed by atoms with Crippen LogP contribution in [-0.4, -0.2) is 32.0 Å². The van der Waals surface area contributed by atoms with Gasteiger partial charge in [0.1, 0.15) is 22.8 Å². The van der Waals surface area contributed by atoms with E-state index in [0.717, 1.165) is 5.56 Å². The molecular weight excluding hydrogens is 470 g/mol. The smallest absolute Gasteiger partial charge is 0.322 e. The third kappa shape index (κ3) is 4.63. The molecule has 9 nitrogen and oxygen atoms in total. The van der Waals surface area contributed by atoms with E-state index in [0.29, 0.717) is 29.8 Å². The maximum Gasteiger partial charge on any atom is 0.322 e. The summed E-state index contributed by atoms with van der Waals surface area (Å²) in [7, 11) is 0. The lowest BCUT2D eigenvalue weighted by Gasteiger charge is -2.17. The number of hydrogen-bond acceptors (Lipinski definition) is 6. The first-order valence-electron chi connectivity index (χ1n) is 11.0. The summed E-state index contributed by atoms with van der Waals surface area (Å²) in [5.74, 6) is -2.08. The summed E-state index contributed by atoms with van der Waals surface area (Å²) in [6.07, 6.45) is 5.39. The number of halogens is 2. The summed E-state index contributed by atoms with van der Waals surface area (Å²) < 4.78 is 33.6. The molecular formula is C25H20F2N6O3. The molecule has 0 unspecified atom stereocenters. The summed E-state index contributed by atoms with van der Waals surface area (Å²) in [6, 6.07) is 9.45. The molecule has 182 valence electrons. The van der Waals surface area contributed by atoms with Gasteiger partial charge in [-0.05, 0) is 61.7 Å². The summed E-state index contributed by atoms with van der Waals surface area (Å²) >= 11 is 0. The Morgan fingerprint density at radius 1 is 1.06 bits per heavy atom. The fraction of sp³-hybridized carbons (Fsp3) is 0.160. The molecule has 1 aliphatic rings. The van der Waals surface area contributed by atoms with E-state index >= 15 is 0 Å². The Morgan fingerprint density at radius 2 is 1.81 bits per heavy atom. The Morgan fingerprint density at radius 3 is 2.50 bits per heavy atom. The van der Waals surface area contributed by atoms with Gasteiger partial charge in [0.2, 0.25) is 11.8 Å². The molecule has 1 aliphatic carbocycles. The fourth-order valence-corrected chi connectivity index (χ4v) is 3.61. The summed E-state index contributed by atoms with van der Waals surface area (Å²) in [5.41, 5.74) is 0.639. The van der Waals surface area contributed by atoms with E-state index < -0.39 is 28.9 Å². The van der Waals surface area contributed by atoms with Crippen LogP contribution in [0, 0.1) is 24.0 Å². The minimum Gasteiger partial charge on any atom is -0.424 e. The summed E-state index contributed by atoms with van der Waals surface area (Å²) in [4.78, 5) is 34.2. The highest BCUT2D eigenvalue weighted by atomic mass is 19.1. The number of anilines is 2. The zero-order valence-electron chi connectivity index (χ0n) is 19.0. The maximum atomic E-state index is 14.7. The van der Waals surface area contributed by atoms with Crippen LogP contribution in [-0.2, 0) is 9.59 Å². The number of rotatable bonds is 7. The molecule has 0 aliphatic heterocycles. The van der Waals surface area contributed by atoms with Gasteiger partial charge in [0.05, 0.1) is 17.6 Å². The van der Waals surface area contributed by atoms with Gasteiger partial charge < -0.3 is 15.4 Å². The molecule has 0 radical (unpaired) electrons. The standard InChI is InChI=1S/C25H20F2N6O3/c1-14-10-18(27)20(11-21(14)36-24-28-9-6-19(33-24)15-12-29-30-13-15)32-23(35)25(7-8-25)22(34)31-17-4-2-16(26)3-5-17/h2-6,9-13H,7-8H2,1H3,(H,29,30)(H,31,34)(H,32,35). The van der Waals surface area contributed by atoms with Crippen molar-refractivity contribution in [3.63, 3.8) is 0 Å². The van der Waals surface area contributed by atoms with E-state index in [4.69, 9.17) is 4.74 Å². The van der Waals surface area contributed by atoms with Crippen LogP contribution in [0.4, 0.5) is 20.2 Å². The monoisotopic (exact) mass is 490 g/mol. The molecule has 0 spiro atoms. The molecule has 2 aromatic heterocycles. The predicted molar refractivity (Wildman–Crippen MR) is 126 cm³/mol. The first-order valence-corrected chi connectivity index (χ1v) is 11.0. The topological polar surface area (TPSA) is 122 Å². The average Bonchev–Trinajstić information content (AvgIpc) is 3.50. The molecule has 4 aromatic rings. The molecule has 1 saturated carbocycles. The van der Waals surface area contributed by atoms with Crippen LogP contribution in [0.25, 0.3) is 11.3 Å². The number of nitrogens with one attached hydrogen (secondary N) is 3. The van der Waals surface area contributed by atoms with Crippen molar-refractivity contribution in [3.05, 3.63) is 78.3 Å². The number of aryl methyl sites for hydroxylation is 1. The van der Waals surface area contributed by atoms with Gasteiger partial charge in [0, 0.05) is 29.7 Å². The third-order valence-corrected chi connectivity index (χ3v) is 5.86. The number of carbonyl (C=O) groups is 2. The van der Waals surface area contributed by atoms with E-state index in [2.05, 4.69) is 30.8 Å². The Labute approximate surface area is 203 Å². The van der Waals surface area contributed by atoms with Crippen molar-refractivity contribution in [1.29, 1.82) is 0 Å². The van der Waals surface area contributed by atoms with Crippen molar-refractivity contribution in [2.75, 3.05) is 10.6 Å². The van der Waals surface area contributed by atoms with Crippen LogP contribution in [0.15, 0.2) is 61.1 Å². The van der Waals surface area contributed by atoms with Gasteiger partial charge in [0.15, 0.2) is 0 Å². The van der Waals surface area contributed by atoms with Crippen molar-refractivity contribution in [3.8, 4) is 23.0 Å². The second-order valence-corrected chi connectivity index (χ2v) is 8.41. The Bertz CT molecular complexity index is 1440. The van der Waals surface area contributed by atoms with Crippen LogP contribution in [0.5, 0.6) is 11.8 Å². The summed E-state index contributed by atoms with van der Waals surface area (Å²) in [5, 5.41) is 11.7. The number of aromatic amines is 1. The van der Waals surface area contributed by atoms with E-state index in [-0.39, 0.29) is 17.4 Å². The molecule has 3 N–H and O–H groups in total. The van der Waals surface area contributed by atoms with E-state index in [1.165, 1.54) is 42.6 Å². The lowest BCUT2D eigenvalue weighted by atomic mass is 10.0. The van der Waals surface area contributed by atoms with E-state index in [9.17, 15) is 18.4 Å². The maximum absolute atomic E-state index is 14.7. The normalized spacial score (nSPS) is 13.6. The minimum absolute atomic E-state index is 0.0259. The molecule has 2 amide bonds. The molecule has 2 aromatic carbocycles. The van der Waals surface area contributed by atoms with Crippen LogP contribution in [0.3, 0.4) is 0 Å². The SMILES string of the molecule is Cc1cc(F)c(NC(=O)C2(C(=O)Nc3ccc(F)cc3)CC2)cc1Oc1nccc(-c2cn[nH]c2)n1. The Hall–Kier alpha value is -4.67. The second-order valence-electron chi connectivity index (χ2n) is 8.41. The van der Waals surface area contributed by atoms with E-state index in [1.807, 2.05) is 0 Å². The second kappa shape index (κ2) is 9.17. The zero-order valence-corrected chi connectivity index (χ0v) is 19.0. The van der Waals surface area contributed by atoms with Crippen molar-refractivity contribution in [2.24, 2.45) is 5.41 Å². The highest BCUT2D eigenvalue weighted by Gasteiger charge is 2.56. The number of ether oxygens (including phenoxy) is 1. The number of nitrogens with zero attached hydrogens (tertiary/aromatic N) is 3. The molecule has 2 heterocycles. The molecule has 36 heavy (non-hydrogen) atoms. The molecule has 0 bridgehead atoms. The van der Waals surface area contributed by atoms with Crippen molar-refractivity contribution >= 4 is 23.2 Å². The van der Waals surface area contributed by atoms with Gasteiger partial charge in [0.25, 0.3) is 0 Å². The van der Waals surface area contributed by atoms with Gasteiger partial charge in [-0.2, -0.15) is 10.1 Å². The van der Waals surface area contributed by atoms with Crippen LogP contribution in [0.2, 0.25) is 0 Å². The van der Waals surface area contributed by atoms with Gasteiger partial charge in [-0.25, -0.2) is 13.8 Å². The molecule has 5 rings (SSSR count). The predicted octanol–water partition coefficient (Wildman–Crippen LogP) is 4.60. The number of H-pyrrole nitrogens is 1. The van der Waals surface area contributed by atoms with Gasteiger partial charge in [-0.3, -0.25) is 14.7 Å². The quantitative estimate of drug-likeness (QED) is 0.326. The first-order chi connectivity index (χ1) is 17.3. The lowest BCUT2D eigenvalue weighted by molar-refractivity contribution is -0.131. The van der Waals surface area contributed by atoms with Gasteiger partial charge in [-0.1, -0.05) is 0 Å². The molecule has 0 saturated heterocycles. The van der Waals surface area contributed by atoms with Crippen LogP contribution in [0.1, 0.15) is 18.4 Å². The number of amides is 2. The number of carbonyl (C=O) groups excluding carboxylic acids is 2. The molecule has 0 atom stereocenters. The minimum atomic E-state index is -1.34. The fourth-order valence-electron chi connectivity index (χ4n) is 3.61. The Balaban J connectivity index is 1.33. The van der Waals surface area contributed by atoms with Crippen molar-refractivity contribution in [1.82, 2.24) is 20.2 Å². The van der Waals surface area contributed by atoms with Crippen molar-refractivity contribution < 1.29 is 23.1 Å². The highest BCUT2D eigenvalue weighted by molar-refractivity contribution is 6.17. The van der Waals surface area contributed by atoms with Crippen LogP contribution >= 0.6 is 0 Å². The van der Waals surface area contributed by atoms with Crippen LogP contribution < -0.4 is 15.4 Å². The van der Waals surface area contributed by atoms with Crippen molar-refractivity contribution in [2.45, 2.75) is 19.8 Å². The molecule has 1 fully saturated rings. The third-order valence-electron chi connectivity index (χ3n) is 5.86. The number of hydrogen-bond donors (Lipinski definition) is 3. The largest absolute Gasteiger partial charge is 0.424 e.